The summed E-state index contributed by atoms with van der Waals surface area (Å²) in [7, 11) is -4.30. The van der Waals surface area contributed by atoms with Gasteiger partial charge in [0.05, 0.1) is 0 Å². The predicted molar refractivity (Wildman–Crippen MR) is 50.8 cm³/mol. The van der Waals surface area contributed by atoms with Crippen molar-refractivity contribution < 1.29 is 13.0 Å². The quantitative estimate of drug-likeness (QED) is 0.606. The van der Waals surface area contributed by atoms with Gasteiger partial charge in [-0.1, -0.05) is 12.1 Å². The molecular weight excluding hydrogens is 220 g/mol. The van der Waals surface area contributed by atoms with Crippen molar-refractivity contribution in [3.8, 4) is 0 Å². The van der Waals surface area contributed by atoms with E-state index >= 15 is 0 Å². The molecular formula is C7H8N4O3S. The highest BCUT2D eigenvalue weighted by molar-refractivity contribution is 7.86. The van der Waals surface area contributed by atoms with Gasteiger partial charge in [0, 0.05) is 0 Å². The fourth-order valence-electron chi connectivity index (χ4n) is 0.897. The van der Waals surface area contributed by atoms with Crippen molar-refractivity contribution in [2.75, 3.05) is 6.67 Å². The van der Waals surface area contributed by atoms with Gasteiger partial charge in [-0.3, -0.25) is 4.55 Å². The SMILES string of the molecule is N=NCN=Nc1ccccc1S(=O)(=O)O. The minimum atomic E-state index is -4.30. The van der Waals surface area contributed by atoms with E-state index in [1.807, 2.05) is 0 Å². The molecule has 0 saturated carbocycles. The van der Waals surface area contributed by atoms with Gasteiger partial charge in [0.1, 0.15) is 10.6 Å². The molecule has 15 heavy (non-hydrogen) atoms. The lowest BCUT2D eigenvalue weighted by Gasteiger charge is -1.99. The molecule has 0 aliphatic heterocycles. The summed E-state index contributed by atoms with van der Waals surface area (Å²) < 4.78 is 30.6. The van der Waals surface area contributed by atoms with Crippen molar-refractivity contribution in [2.45, 2.75) is 4.90 Å². The minimum absolute atomic E-state index is 0.0173. The Morgan fingerprint density at radius 2 is 2.00 bits per heavy atom. The summed E-state index contributed by atoms with van der Waals surface area (Å²) in [5, 5.41) is 9.88. The second-order valence-electron chi connectivity index (χ2n) is 2.48. The number of benzene rings is 1. The molecule has 0 aliphatic carbocycles. The molecule has 1 rings (SSSR count). The van der Waals surface area contributed by atoms with Gasteiger partial charge in [0.2, 0.25) is 0 Å². The smallest absolute Gasteiger partial charge is 0.282 e. The fourth-order valence-corrected chi connectivity index (χ4v) is 1.52. The van der Waals surface area contributed by atoms with Gasteiger partial charge in [-0.2, -0.15) is 23.8 Å². The van der Waals surface area contributed by atoms with Crippen LogP contribution in [0, 0.1) is 5.53 Å². The summed E-state index contributed by atoms with van der Waals surface area (Å²) in [6.45, 7) is -0.181. The van der Waals surface area contributed by atoms with E-state index in [2.05, 4.69) is 15.3 Å². The first-order valence-electron chi connectivity index (χ1n) is 3.83. The third-order valence-corrected chi connectivity index (χ3v) is 2.36. The fraction of sp³-hybridized carbons (Fsp3) is 0.143. The van der Waals surface area contributed by atoms with Crippen molar-refractivity contribution in [3.63, 3.8) is 0 Å². The van der Waals surface area contributed by atoms with Crippen LogP contribution in [0.5, 0.6) is 0 Å². The maximum Gasteiger partial charge on any atom is 0.296 e. The minimum Gasteiger partial charge on any atom is -0.282 e. The van der Waals surface area contributed by atoms with Gasteiger partial charge in [-0.15, -0.1) is 0 Å². The molecule has 0 radical (unpaired) electrons. The summed E-state index contributed by atoms with van der Waals surface area (Å²) in [4.78, 5) is -0.321. The summed E-state index contributed by atoms with van der Waals surface area (Å²) in [6.07, 6.45) is 0. The molecule has 0 saturated heterocycles. The average Bonchev–Trinajstić information content (AvgIpc) is 2.17. The number of nitrogens with zero attached hydrogens (tertiary/aromatic N) is 3. The maximum atomic E-state index is 10.9. The monoisotopic (exact) mass is 228 g/mol. The lowest BCUT2D eigenvalue weighted by Crippen LogP contribution is -1.97. The standard InChI is InChI=1S/C7H8N4O3S/c8-9-5-10-11-6-3-1-2-4-7(6)15(12,13)14/h1-4,8H,5H2,(H,12,13,14). The molecule has 0 unspecified atom stereocenters. The molecule has 1 aromatic carbocycles. The molecule has 8 heteroatoms. The lowest BCUT2D eigenvalue weighted by molar-refractivity contribution is 0.483. The lowest BCUT2D eigenvalue weighted by atomic mass is 10.3. The van der Waals surface area contributed by atoms with E-state index < -0.39 is 10.1 Å². The van der Waals surface area contributed by atoms with Crippen LogP contribution in [-0.2, 0) is 10.1 Å². The molecule has 0 aliphatic rings. The zero-order chi connectivity index (χ0) is 11.3. The molecule has 0 atom stereocenters. The second kappa shape index (κ2) is 4.71. The Hall–Kier alpha value is -1.67. The molecule has 0 heterocycles. The van der Waals surface area contributed by atoms with Crippen LogP contribution in [0.1, 0.15) is 0 Å². The Labute approximate surface area is 86.1 Å². The largest absolute Gasteiger partial charge is 0.296 e. The van der Waals surface area contributed by atoms with Gasteiger partial charge < -0.3 is 0 Å². The normalized spacial score (nSPS) is 11.8. The van der Waals surface area contributed by atoms with E-state index in [1.54, 1.807) is 6.07 Å². The number of hydrogen-bond donors (Lipinski definition) is 2. The van der Waals surface area contributed by atoms with Crippen molar-refractivity contribution >= 4 is 15.8 Å². The third kappa shape index (κ3) is 3.18. The van der Waals surface area contributed by atoms with Crippen LogP contribution in [0.3, 0.4) is 0 Å². The first-order valence-corrected chi connectivity index (χ1v) is 5.27. The Morgan fingerprint density at radius 3 is 2.60 bits per heavy atom. The topological polar surface area (TPSA) is 115 Å². The Morgan fingerprint density at radius 1 is 1.33 bits per heavy atom. The first-order chi connectivity index (χ1) is 7.05. The van der Waals surface area contributed by atoms with Crippen LogP contribution in [0.25, 0.3) is 0 Å². The predicted octanol–water partition coefficient (Wildman–Crippen LogP) is 2.01. The van der Waals surface area contributed by atoms with Gasteiger partial charge in [0.15, 0.2) is 6.67 Å². The molecule has 1 aromatic rings. The van der Waals surface area contributed by atoms with E-state index in [0.717, 1.165) is 0 Å². The number of rotatable bonds is 4. The molecule has 0 fully saturated rings. The van der Waals surface area contributed by atoms with E-state index in [0.29, 0.717) is 0 Å². The van der Waals surface area contributed by atoms with Crippen molar-refractivity contribution in [1.29, 1.82) is 5.53 Å². The van der Waals surface area contributed by atoms with Gasteiger partial charge in [-0.05, 0) is 12.1 Å². The molecule has 2 N–H and O–H groups in total. The van der Waals surface area contributed by atoms with Crippen LogP contribution < -0.4 is 0 Å². The number of azo groups is 1. The van der Waals surface area contributed by atoms with Crippen LogP contribution in [0.15, 0.2) is 44.5 Å². The third-order valence-electron chi connectivity index (χ3n) is 1.46. The van der Waals surface area contributed by atoms with E-state index in [9.17, 15) is 8.42 Å². The number of hydrogen-bond acceptors (Lipinski definition) is 6. The Kier molecular flexibility index (Phi) is 3.58. The zero-order valence-electron chi connectivity index (χ0n) is 7.53. The van der Waals surface area contributed by atoms with Crippen LogP contribution in [0.4, 0.5) is 5.69 Å². The molecule has 80 valence electrons. The average molecular weight is 228 g/mol. The molecule has 0 spiro atoms. The second-order valence-corrected chi connectivity index (χ2v) is 3.87. The maximum absolute atomic E-state index is 10.9. The highest BCUT2D eigenvalue weighted by atomic mass is 32.2. The van der Waals surface area contributed by atoms with E-state index in [1.165, 1.54) is 18.2 Å². The molecule has 0 aromatic heterocycles. The Balaban J connectivity index is 3.13. The van der Waals surface area contributed by atoms with Crippen LogP contribution in [-0.4, -0.2) is 19.6 Å². The van der Waals surface area contributed by atoms with E-state index in [-0.39, 0.29) is 17.3 Å². The summed E-state index contributed by atoms with van der Waals surface area (Å²) in [5.74, 6) is 0. The van der Waals surface area contributed by atoms with Crippen LogP contribution >= 0.6 is 0 Å². The molecule has 0 amide bonds. The summed E-state index contributed by atoms with van der Waals surface area (Å²) in [6, 6.07) is 5.61. The molecule has 7 nitrogen and oxygen atoms in total. The highest BCUT2D eigenvalue weighted by Gasteiger charge is 2.13. The summed E-state index contributed by atoms with van der Waals surface area (Å²) in [5.41, 5.74) is 6.47. The van der Waals surface area contributed by atoms with Gasteiger partial charge >= 0.3 is 0 Å². The highest BCUT2D eigenvalue weighted by Crippen LogP contribution is 2.23. The molecule has 0 bridgehead atoms. The number of nitrogens with one attached hydrogen (secondary N) is 1. The summed E-state index contributed by atoms with van der Waals surface area (Å²) >= 11 is 0. The van der Waals surface area contributed by atoms with Crippen molar-refractivity contribution in [2.24, 2.45) is 15.3 Å². The van der Waals surface area contributed by atoms with Crippen molar-refractivity contribution in [1.82, 2.24) is 0 Å². The van der Waals surface area contributed by atoms with E-state index in [4.69, 9.17) is 10.1 Å². The van der Waals surface area contributed by atoms with Crippen LogP contribution in [0.2, 0.25) is 0 Å². The zero-order valence-corrected chi connectivity index (χ0v) is 8.35. The van der Waals surface area contributed by atoms with Crippen molar-refractivity contribution in [3.05, 3.63) is 24.3 Å². The van der Waals surface area contributed by atoms with Gasteiger partial charge in [-0.25, -0.2) is 5.53 Å². The van der Waals surface area contributed by atoms with Gasteiger partial charge in [0.25, 0.3) is 10.1 Å². The Bertz CT molecular complexity index is 483. The first kappa shape index (κ1) is 11.4.